The van der Waals surface area contributed by atoms with Crippen molar-refractivity contribution in [3.8, 4) is 11.3 Å². The zero-order valence-electron chi connectivity index (χ0n) is 17.8. The number of halogens is 1. The fraction of sp³-hybridized carbons (Fsp3) is 0.240. The van der Waals surface area contributed by atoms with Gasteiger partial charge in [0.2, 0.25) is 0 Å². The Labute approximate surface area is 186 Å². The highest BCUT2D eigenvalue weighted by Gasteiger charge is 2.25. The van der Waals surface area contributed by atoms with Gasteiger partial charge in [0.15, 0.2) is 0 Å². The maximum atomic E-state index is 14.7. The van der Waals surface area contributed by atoms with Crippen LogP contribution in [0.2, 0.25) is 0 Å². The van der Waals surface area contributed by atoms with E-state index in [0.29, 0.717) is 23.4 Å². The molecule has 3 aromatic rings. The summed E-state index contributed by atoms with van der Waals surface area (Å²) in [7, 11) is 0. The third-order valence-electron chi connectivity index (χ3n) is 5.45. The minimum Gasteiger partial charge on any atom is -0.349 e. The zero-order chi connectivity index (χ0) is 22.7. The average molecular weight is 432 g/mol. The predicted molar refractivity (Wildman–Crippen MR) is 120 cm³/mol. The summed E-state index contributed by atoms with van der Waals surface area (Å²) in [4.78, 5) is 29.2. The molecule has 7 heteroatoms. The van der Waals surface area contributed by atoms with Crippen LogP contribution in [0.5, 0.6) is 0 Å². The monoisotopic (exact) mass is 432 g/mol. The van der Waals surface area contributed by atoms with E-state index in [1.165, 1.54) is 12.3 Å². The molecule has 4 N–H and O–H groups in total. The smallest absolute Gasteiger partial charge is 0.253 e. The van der Waals surface area contributed by atoms with Gasteiger partial charge in [-0.05, 0) is 49.6 Å². The highest BCUT2D eigenvalue weighted by Crippen LogP contribution is 2.27. The number of benzene rings is 2. The fourth-order valence-electron chi connectivity index (χ4n) is 3.38. The van der Waals surface area contributed by atoms with Crippen LogP contribution < -0.4 is 16.4 Å². The Morgan fingerprint density at radius 3 is 2.44 bits per heavy atom. The number of hydrogen-bond donors (Lipinski definition) is 3. The Morgan fingerprint density at radius 1 is 1.06 bits per heavy atom. The topological polar surface area (TPSA) is 97.1 Å². The van der Waals surface area contributed by atoms with E-state index in [1.807, 2.05) is 31.2 Å². The number of nitrogens with two attached hydrogens (primary N) is 1. The molecule has 1 aromatic heterocycles. The molecule has 0 bridgehead atoms. The second-order valence-corrected chi connectivity index (χ2v) is 8.04. The summed E-state index contributed by atoms with van der Waals surface area (Å²) in [6, 6.07) is 14.1. The second kappa shape index (κ2) is 9.28. The van der Waals surface area contributed by atoms with Gasteiger partial charge >= 0.3 is 0 Å². The van der Waals surface area contributed by atoms with E-state index in [1.54, 1.807) is 18.2 Å². The first-order valence-electron chi connectivity index (χ1n) is 10.6. The molecule has 0 radical (unpaired) electrons. The van der Waals surface area contributed by atoms with E-state index in [-0.39, 0.29) is 35.5 Å². The quantitative estimate of drug-likeness (QED) is 0.533. The number of carbonyl (C=O) groups excluding carboxylic acids is 2. The molecule has 0 unspecified atom stereocenters. The van der Waals surface area contributed by atoms with Crippen LogP contribution in [0.4, 0.5) is 4.39 Å². The lowest BCUT2D eigenvalue weighted by molar-refractivity contribution is 0.0942. The number of nitrogens with one attached hydrogen (secondary N) is 2. The van der Waals surface area contributed by atoms with Crippen LogP contribution in [-0.2, 0) is 13.1 Å². The number of amides is 2. The van der Waals surface area contributed by atoms with E-state index in [4.69, 9.17) is 5.73 Å². The Kier molecular flexibility index (Phi) is 6.28. The number of rotatable bonds is 7. The Morgan fingerprint density at radius 2 is 1.81 bits per heavy atom. The van der Waals surface area contributed by atoms with Gasteiger partial charge in [0.05, 0.1) is 11.3 Å². The Bertz CT molecular complexity index is 1140. The summed E-state index contributed by atoms with van der Waals surface area (Å²) < 4.78 is 14.7. The lowest BCUT2D eigenvalue weighted by atomic mass is 9.99. The molecule has 2 amide bonds. The van der Waals surface area contributed by atoms with Gasteiger partial charge in [0.25, 0.3) is 11.8 Å². The number of carbonyl (C=O) groups is 2. The van der Waals surface area contributed by atoms with Crippen molar-refractivity contribution in [2.45, 2.75) is 38.9 Å². The van der Waals surface area contributed by atoms with Crippen molar-refractivity contribution in [3.63, 3.8) is 0 Å². The van der Waals surface area contributed by atoms with E-state index in [0.717, 1.165) is 24.0 Å². The van der Waals surface area contributed by atoms with Crippen molar-refractivity contribution in [2.75, 3.05) is 0 Å². The van der Waals surface area contributed by atoms with Crippen LogP contribution in [0, 0.1) is 12.7 Å². The van der Waals surface area contributed by atoms with Crippen LogP contribution in [0.15, 0.2) is 54.7 Å². The van der Waals surface area contributed by atoms with E-state index in [9.17, 15) is 14.0 Å². The van der Waals surface area contributed by atoms with Crippen molar-refractivity contribution in [1.29, 1.82) is 0 Å². The number of nitrogens with zero attached hydrogens (tertiary/aromatic N) is 1. The van der Waals surface area contributed by atoms with E-state index >= 15 is 0 Å². The molecule has 1 fully saturated rings. The fourth-order valence-corrected chi connectivity index (χ4v) is 3.38. The third kappa shape index (κ3) is 5.00. The van der Waals surface area contributed by atoms with Gasteiger partial charge in [0.1, 0.15) is 5.82 Å². The molecule has 0 spiro atoms. The molecule has 0 saturated heterocycles. The first-order valence-corrected chi connectivity index (χ1v) is 10.6. The number of hydrogen-bond acceptors (Lipinski definition) is 4. The van der Waals surface area contributed by atoms with Gasteiger partial charge in [-0.25, -0.2) is 4.39 Å². The lowest BCUT2D eigenvalue weighted by Crippen LogP contribution is -2.25. The summed E-state index contributed by atoms with van der Waals surface area (Å²) in [5, 5.41) is 5.72. The maximum absolute atomic E-state index is 14.7. The maximum Gasteiger partial charge on any atom is 0.253 e. The molecule has 4 rings (SSSR count). The molecule has 0 aliphatic heterocycles. The van der Waals surface area contributed by atoms with Gasteiger partial charge in [-0.15, -0.1) is 0 Å². The van der Waals surface area contributed by atoms with Gasteiger partial charge in [-0.1, -0.05) is 29.8 Å². The van der Waals surface area contributed by atoms with Crippen LogP contribution in [0.1, 0.15) is 50.2 Å². The summed E-state index contributed by atoms with van der Waals surface area (Å²) >= 11 is 0. The number of aromatic nitrogens is 1. The first kappa shape index (κ1) is 21.6. The second-order valence-electron chi connectivity index (χ2n) is 8.04. The summed E-state index contributed by atoms with van der Waals surface area (Å²) in [5.41, 5.74) is 9.69. The molecule has 164 valence electrons. The van der Waals surface area contributed by atoms with Gasteiger partial charge in [-0.3, -0.25) is 14.6 Å². The van der Waals surface area contributed by atoms with Crippen molar-refractivity contribution in [2.24, 2.45) is 5.73 Å². The number of pyridine rings is 1. The lowest BCUT2D eigenvalue weighted by Gasteiger charge is -2.12. The molecule has 6 nitrogen and oxygen atoms in total. The van der Waals surface area contributed by atoms with Crippen LogP contribution in [0.3, 0.4) is 0 Å². The SMILES string of the molecule is Cc1ccc(CNC(=O)c2ccc(-c3cc(C(=O)NC4CC4)cc(F)c3CN)nc2)cc1. The molecule has 1 heterocycles. The molecular formula is C25H25FN4O2. The third-order valence-corrected chi connectivity index (χ3v) is 5.45. The van der Waals surface area contributed by atoms with Crippen molar-refractivity contribution in [3.05, 3.63) is 88.4 Å². The predicted octanol–water partition coefficient (Wildman–Crippen LogP) is 3.48. The molecule has 0 atom stereocenters. The average Bonchev–Trinajstić information content (AvgIpc) is 3.62. The molecular weight excluding hydrogens is 407 g/mol. The van der Waals surface area contributed by atoms with Crippen LogP contribution in [-0.4, -0.2) is 22.8 Å². The molecule has 2 aromatic carbocycles. The van der Waals surface area contributed by atoms with Crippen LogP contribution in [0.25, 0.3) is 11.3 Å². The van der Waals surface area contributed by atoms with Crippen molar-refractivity contribution < 1.29 is 14.0 Å². The number of aryl methyl sites for hydroxylation is 1. The van der Waals surface area contributed by atoms with Crippen molar-refractivity contribution in [1.82, 2.24) is 15.6 Å². The molecule has 1 saturated carbocycles. The van der Waals surface area contributed by atoms with E-state index < -0.39 is 5.82 Å². The highest BCUT2D eigenvalue weighted by atomic mass is 19.1. The Balaban J connectivity index is 1.52. The summed E-state index contributed by atoms with van der Waals surface area (Å²) in [6.45, 7) is 2.38. The Hall–Kier alpha value is -3.58. The minimum atomic E-state index is -0.548. The molecule has 1 aliphatic carbocycles. The highest BCUT2D eigenvalue weighted by molar-refractivity contribution is 5.96. The first-order chi connectivity index (χ1) is 15.4. The van der Waals surface area contributed by atoms with Gasteiger partial charge < -0.3 is 16.4 Å². The standard InChI is InChI=1S/C25H25FN4O2/c1-15-2-4-16(5-3-15)13-29-24(31)17-6-9-23(28-14-17)20-10-18(11-22(26)21(20)12-27)25(32)30-19-7-8-19/h2-6,9-11,14,19H,7-8,12-13,27H2,1H3,(H,29,31)(H,30,32). The molecule has 32 heavy (non-hydrogen) atoms. The van der Waals surface area contributed by atoms with E-state index in [2.05, 4.69) is 15.6 Å². The van der Waals surface area contributed by atoms with Gasteiger partial charge in [0, 0.05) is 42.0 Å². The minimum absolute atomic E-state index is 0.0356. The van der Waals surface area contributed by atoms with Crippen molar-refractivity contribution >= 4 is 11.8 Å². The normalized spacial score (nSPS) is 13.0. The zero-order valence-corrected chi connectivity index (χ0v) is 17.8. The summed E-state index contributed by atoms with van der Waals surface area (Å²) in [6.07, 6.45) is 3.32. The largest absolute Gasteiger partial charge is 0.349 e. The van der Waals surface area contributed by atoms with Crippen LogP contribution >= 0.6 is 0 Å². The molecule has 1 aliphatic rings. The van der Waals surface area contributed by atoms with Gasteiger partial charge in [-0.2, -0.15) is 0 Å². The summed E-state index contributed by atoms with van der Waals surface area (Å²) in [5.74, 6) is -1.12.